The number of aliphatic imine (C=N–C) groups is 1. The summed E-state index contributed by atoms with van der Waals surface area (Å²) in [6.45, 7) is 4.38. The van der Waals surface area contributed by atoms with Crippen molar-refractivity contribution in [1.82, 2.24) is 9.88 Å². The fraction of sp³-hybridized carbons (Fsp3) is 0.391. The molecule has 8 nitrogen and oxygen atoms in total. The number of benzene rings is 1. The van der Waals surface area contributed by atoms with Gasteiger partial charge >= 0.3 is 0 Å². The molecule has 0 unspecified atom stereocenters. The van der Waals surface area contributed by atoms with E-state index in [2.05, 4.69) is 10.3 Å². The zero-order valence-corrected chi connectivity index (χ0v) is 19.9. The van der Waals surface area contributed by atoms with Gasteiger partial charge in [-0.15, -0.1) is 0 Å². The van der Waals surface area contributed by atoms with Gasteiger partial charge in [-0.3, -0.25) is 14.5 Å². The topological polar surface area (TPSA) is 110 Å². The third kappa shape index (κ3) is 4.83. The molecule has 0 aliphatic carbocycles. The molecule has 1 aromatic carbocycles. The van der Waals surface area contributed by atoms with Crippen LogP contribution in [0.25, 0.3) is 0 Å². The lowest BCUT2D eigenvalue weighted by Crippen LogP contribution is -2.56. The van der Waals surface area contributed by atoms with Crippen molar-refractivity contribution >= 4 is 46.7 Å². The number of hydrogen-bond donors (Lipinski definition) is 2. The largest absolute Gasteiger partial charge is 0.378 e. The normalized spacial score (nSPS) is 25.5. The summed E-state index contributed by atoms with van der Waals surface area (Å²) in [6, 6.07) is 8.28. The number of aromatic nitrogens is 1. The minimum absolute atomic E-state index is 0.0393. The van der Waals surface area contributed by atoms with Gasteiger partial charge in [0.2, 0.25) is 5.91 Å². The van der Waals surface area contributed by atoms with Crippen molar-refractivity contribution in [2.75, 3.05) is 11.9 Å². The molecule has 0 saturated carbocycles. The van der Waals surface area contributed by atoms with Crippen LogP contribution in [0.5, 0.6) is 0 Å². The second-order valence-corrected chi connectivity index (χ2v) is 9.34. The average Bonchev–Trinajstić information content (AvgIpc) is 2.75. The monoisotopic (exact) mass is 489 g/mol. The number of nitrogens with two attached hydrogens (primary N) is 1. The van der Waals surface area contributed by atoms with Gasteiger partial charge in [0, 0.05) is 24.4 Å². The SMILES string of the molecule is C[C@@H]1C[C@H](N2C(=O)C[C@@](C)(c3cccc(NC(=O)c4ccc(Cl)cn4)c3Cl)N=C2N)CCO1. The molecule has 174 valence electrons. The van der Waals surface area contributed by atoms with Gasteiger partial charge in [0.15, 0.2) is 5.96 Å². The molecule has 1 aromatic heterocycles. The Morgan fingerprint density at radius 3 is 2.76 bits per heavy atom. The molecule has 10 heteroatoms. The Labute approximate surface area is 202 Å². The van der Waals surface area contributed by atoms with Crippen LogP contribution in [0, 0.1) is 0 Å². The number of pyridine rings is 1. The number of carbonyl (C=O) groups excluding carboxylic acids is 2. The van der Waals surface area contributed by atoms with Crippen LogP contribution in [0.2, 0.25) is 10.0 Å². The predicted molar refractivity (Wildman–Crippen MR) is 128 cm³/mol. The molecule has 2 aromatic rings. The molecule has 3 N–H and O–H groups in total. The van der Waals surface area contributed by atoms with Crippen molar-refractivity contribution in [3.05, 3.63) is 57.8 Å². The van der Waals surface area contributed by atoms with Crippen molar-refractivity contribution in [3.63, 3.8) is 0 Å². The van der Waals surface area contributed by atoms with Crippen LogP contribution in [-0.4, -0.2) is 46.4 Å². The molecule has 33 heavy (non-hydrogen) atoms. The molecule has 1 saturated heterocycles. The number of anilines is 1. The number of hydrogen-bond acceptors (Lipinski definition) is 6. The van der Waals surface area contributed by atoms with Gasteiger partial charge in [-0.1, -0.05) is 35.3 Å². The summed E-state index contributed by atoms with van der Waals surface area (Å²) in [5, 5.41) is 3.49. The third-order valence-corrected chi connectivity index (χ3v) is 6.61. The van der Waals surface area contributed by atoms with Crippen molar-refractivity contribution in [2.24, 2.45) is 10.7 Å². The second kappa shape index (κ2) is 9.29. The van der Waals surface area contributed by atoms with Crippen LogP contribution >= 0.6 is 23.2 Å². The molecule has 3 heterocycles. The summed E-state index contributed by atoms with van der Waals surface area (Å²) >= 11 is 12.5. The van der Waals surface area contributed by atoms with Gasteiger partial charge in [0.05, 0.1) is 33.8 Å². The van der Waals surface area contributed by atoms with E-state index in [-0.39, 0.29) is 36.1 Å². The summed E-state index contributed by atoms with van der Waals surface area (Å²) in [6.07, 6.45) is 2.98. The molecule has 0 bridgehead atoms. The summed E-state index contributed by atoms with van der Waals surface area (Å²) in [5.74, 6) is -0.373. The van der Waals surface area contributed by atoms with E-state index in [1.165, 1.54) is 12.3 Å². The maximum absolute atomic E-state index is 13.2. The van der Waals surface area contributed by atoms with E-state index >= 15 is 0 Å². The predicted octanol–water partition coefficient (Wildman–Crippen LogP) is 3.97. The zero-order chi connectivity index (χ0) is 23.8. The van der Waals surface area contributed by atoms with Gasteiger partial charge in [0.25, 0.3) is 5.91 Å². The number of ether oxygens (including phenoxy) is 1. The first-order valence-electron chi connectivity index (χ1n) is 10.7. The Morgan fingerprint density at radius 1 is 1.30 bits per heavy atom. The van der Waals surface area contributed by atoms with Crippen molar-refractivity contribution < 1.29 is 14.3 Å². The summed E-state index contributed by atoms with van der Waals surface area (Å²) < 4.78 is 5.60. The number of rotatable bonds is 4. The minimum Gasteiger partial charge on any atom is -0.378 e. The lowest BCUT2D eigenvalue weighted by atomic mass is 9.86. The molecule has 4 rings (SSSR count). The first kappa shape index (κ1) is 23.5. The molecule has 2 amide bonds. The van der Waals surface area contributed by atoms with Crippen LogP contribution in [0.3, 0.4) is 0 Å². The Bertz CT molecular complexity index is 1110. The van der Waals surface area contributed by atoms with Crippen molar-refractivity contribution in [1.29, 1.82) is 0 Å². The first-order chi connectivity index (χ1) is 15.7. The van der Waals surface area contributed by atoms with Crippen LogP contribution in [0.1, 0.15) is 49.2 Å². The van der Waals surface area contributed by atoms with E-state index in [0.717, 1.165) is 0 Å². The fourth-order valence-electron chi connectivity index (χ4n) is 4.35. The number of nitrogens with one attached hydrogen (secondary N) is 1. The molecular weight excluding hydrogens is 465 g/mol. The summed E-state index contributed by atoms with van der Waals surface area (Å²) in [5.41, 5.74) is 6.52. The molecule has 2 aliphatic rings. The first-order valence-corrected chi connectivity index (χ1v) is 11.4. The number of halogens is 2. The quantitative estimate of drug-likeness (QED) is 0.674. The maximum Gasteiger partial charge on any atom is 0.274 e. The number of amides is 2. The number of guanidine groups is 1. The van der Waals surface area contributed by atoms with E-state index in [0.29, 0.717) is 40.7 Å². The number of carbonyl (C=O) groups is 2. The molecular formula is C23H25Cl2N5O3. The van der Waals surface area contributed by atoms with Crippen LogP contribution < -0.4 is 11.1 Å². The Hall–Kier alpha value is -2.68. The van der Waals surface area contributed by atoms with Crippen LogP contribution in [0.15, 0.2) is 41.5 Å². The highest BCUT2D eigenvalue weighted by Crippen LogP contribution is 2.41. The Kier molecular flexibility index (Phi) is 6.61. The third-order valence-electron chi connectivity index (χ3n) is 5.98. The Balaban J connectivity index is 1.60. The highest BCUT2D eigenvalue weighted by atomic mass is 35.5. The summed E-state index contributed by atoms with van der Waals surface area (Å²) in [7, 11) is 0. The molecule has 0 radical (unpaired) electrons. The molecule has 2 aliphatic heterocycles. The molecule has 0 spiro atoms. The fourth-order valence-corrected chi connectivity index (χ4v) is 4.84. The van der Waals surface area contributed by atoms with Gasteiger partial charge in [-0.2, -0.15) is 0 Å². The highest BCUT2D eigenvalue weighted by molar-refractivity contribution is 6.35. The van der Waals surface area contributed by atoms with E-state index in [1.807, 2.05) is 13.8 Å². The Morgan fingerprint density at radius 2 is 2.09 bits per heavy atom. The van der Waals surface area contributed by atoms with E-state index in [4.69, 9.17) is 38.7 Å². The van der Waals surface area contributed by atoms with Gasteiger partial charge in [0.1, 0.15) is 5.69 Å². The van der Waals surface area contributed by atoms with Gasteiger partial charge < -0.3 is 15.8 Å². The lowest BCUT2D eigenvalue weighted by Gasteiger charge is -2.41. The zero-order valence-electron chi connectivity index (χ0n) is 18.3. The summed E-state index contributed by atoms with van der Waals surface area (Å²) in [4.78, 5) is 36.1. The van der Waals surface area contributed by atoms with Crippen LogP contribution in [0.4, 0.5) is 5.69 Å². The average molecular weight is 490 g/mol. The molecule has 1 fully saturated rings. The second-order valence-electron chi connectivity index (χ2n) is 8.53. The standard InChI is InChI=1S/C23H25Cl2N5O3/c1-13-10-15(8-9-33-13)30-19(31)11-23(2,29-22(30)26)16-4-3-5-17(20(16)25)28-21(32)18-7-6-14(24)12-27-18/h3-7,12-13,15H,8-11H2,1-2H3,(H2,26,29)(H,28,32)/t13-,15-,23+/m1/s1. The van der Waals surface area contributed by atoms with Crippen molar-refractivity contribution in [3.8, 4) is 0 Å². The van der Waals surface area contributed by atoms with E-state index in [1.54, 1.807) is 29.2 Å². The van der Waals surface area contributed by atoms with Crippen molar-refractivity contribution in [2.45, 2.75) is 50.8 Å². The van der Waals surface area contributed by atoms with Gasteiger partial charge in [-0.25, -0.2) is 9.98 Å². The van der Waals surface area contributed by atoms with Gasteiger partial charge in [-0.05, 0) is 44.9 Å². The maximum atomic E-state index is 13.2. The van der Waals surface area contributed by atoms with E-state index in [9.17, 15) is 9.59 Å². The van der Waals surface area contributed by atoms with E-state index < -0.39 is 11.4 Å². The lowest BCUT2D eigenvalue weighted by molar-refractivity contribution is -0.133. The minimum atomic E-state index is -0.967. The van der Waals surface area contributed by atoms with Crippen LogP contribution in [-0.2, 0) is 15.1 Å². The molecule has 3 atom stereocenters. The smallest absolute Gasteiger partial charge is 0.274 e. The number of nitrogens with zero attached hydrogens (tertiary/aromatic N) is 3. The highest BCUT2D eigenvalue weighted by Gasteiger charge is 2.42.